The fourth-order valence-electron chi connectivity index (χ4n) is 2.07. The summed E-state index contributed by atoms with van der Waals surface area (Å²) in [6, 6.07) is 2.21. The summed E-state index contributed by atoms with van der Waals surface area (Å²) in [4.78, 5) is 8.78. The average molecular weight is 290 g/mol. The van der Waals surface area contributed by atoms with E-state index >= 15 is 0 Å². The maximum atomic E-state index is 5.42. The Morgan fingerprint density at radius 3 is 2.67 bits per heavy atom. The van der Waals surface area contributed by atoms with Crippen LogP contribution in [0, 0.1) is 0 Å². The summed E-state index contributed by atoms with van der Waals surface area (Å²) in [6.07, 6.45) is 5.46. The molecule has 0 bridgehead atoms. The van der Waals surface area contributed by atoms with Crippen molar-refractivity contribution < 1.29 is 9.47 Å². The number of imidazole rings is 1. The standard InChI is InChI=1S/C15H22N4O2/c1-11(2)18-9-14-17-7-8-19(14)10-12-15(21-4)13(20-3)5-6-16-12/h5-8,11,18H,9-10H2,1-4H3. The topological polar surface area (TPSA) is 61.2 Å². The lowest BCUT2D eigenvalue weighted by atomic mass is 10.3. The molecule has 0 atom stereocenters. The van der Waals surface area contributed by atoms with Crippen LogP contribution in [0.25, 0.3) is 0 Å². The number of hydrogen-bond donors (Lipinski definition) is 1. The quantitative estimate of drug-likeness (QED) is 0.843. The highest BCUT2D eigenvalue weighted by molar-refractivity contribution is 5.42. The van der Waals surface area contributed by atoms with Gasteiger partial charge in [-0.15, -0.1) is 0 Å². The van der Waals surface area contributed by atoms with Gasteiger partial charge in [-0.05, 0) is 0 Å². The Morgan fingerprint density at radius 1 is 1.19 bits per heavy atom. The van der Waals surface area contributed by atoms with Gasteiger partial charge in [0.15, 0.2) is 11.5 Å². The largest absolute Gasteiger partial charge is 0.493 e. The van der Waals surface area contributed by atoms with Crippen LogP contribution in [0.1, 0.15) is 25.4 Å². The van der Waals surface area contributed by atoms with E-state index in [0.29, 0.717) is 24.1 Å². The zero-order chi connectivity index (χ0) is 15.2. The molecule has 0 radical (unpaired) electrons. The molecule has 0 aliphatic rings. The van der Waals surface area contributed by atoms with Crippen molar-refractivity contribution in [1.29, 1.82) is 0 Å². The van der Waals surface area contributed by atoms with Crippen molar-refractivity contribution in [2.75, 3.05) is 14.2 Å². The fraction of sp³-hybridized carbons (Fsp3) is 0.467. The van der Waals surface area contributed by atoms with Crippen LogP contribution < -0.4 is 14.8 Å². The van der Waals surface area contributed by atoms with E-state index in [1.807, 2.05) is 6.20 Å². The molecular weight excluding hydrogens is 268 g/mol. The zero-order valence-corrected chi connectivity index (χ0v) is 13.0. The number of nitrogens with one attached hydrogen (secondary N) is 1. The molecule has 2 heterocycles. The summed E-state index contributed by atoms with van der Waals surface area (Å²) < 4.78 is 12.8. The summed E-state index contributed by atoms with van der Waals surface area (Å²) in [6.45, 7) is 5.53. The Labute approximate surface area is 125 Å². The first-order valence-electron chi connectivity index (χ1n) is 6.95. The monoisotopic (exact) mass is 290 g/mol. The van der Waals surface area contributed by atoms with Crippen molar-refractivity contribution in [2.24, 2.45) is 0 Å². The second kappa shape index (κ2) is 7.08. The van der Waals surface area contributed by atoms with Crippen LogP contribution in [0.4, 0.5) is 0 Å². The molecule has 21 heavy (non-hydrogen) atoms. The van der Waals surface area contributed by atoms with Crippen LogP contribution in [-0.4, -0.2) is 34.8 Å². The second-order valence-corrected chi connectivity index (χ2v) is 5.00. The number of methoxy groups -OCH3 is 2. The van der Waals surface area contributed by atoms with E-state index in [9.17, 15) is 0 Å². The summed E-state index contributed by atoms with van der Waals surface area (Å²) in [5.41, 5.74) is 0.820. The van der Waals surface area contributed by atoms with E-state index in [1.54, 1.807) is 32.7 Å². The van der Waals surface area contributed by atoms with Gasteiger partial charge in [-0.3, -0.25) is 4.98 Å². The first kappa shape index (κ1) is 15.3. The zero-order valence-electron chi connectivity index (χ0n) is 13.0. The van der Waals surface area contributed by atoms with Crippen LogP contribution in [0.2, 0.25) is 0 Å². The van der Waals surface area contributed by atoms with E-state index in [2.05, 4.69) is 33.7 Å². The molecule has 2 aromatic rings. The van der Waals surface area contributed by atoms with E-state index in [4.69, 9.17) is 9.47 Å². The molecule has 2 rings (SSSR count). The third-order valence-corrected chi connectivity index (χ3v) is 3.16. The van der Waals surface area contributed by atoms with Crippen LogP contribution in [0.3, 0.4) is 0 Å². The number of nitrogens with zero attached hydrogens (tertiary/aromatic N) is 3. The first-order valence-corrected chi connectivity index (χ1v) is 6.95. The molecule has 0 unspecified atom stereocenters. The molecule has 0 amide bonds. The Hall–Kier alpha value is -2.08. The van der Waals surface area contributed by atoms with Gasteiger partial charge >= 0.3 is 0 Å². The van der Waals surface area contributed by atoms with E-state index in [0.717, 1.165) is 18.1 Å². The Balaban J connectivity index is 2.21. The second-order valence-electron chi connectivity index (χ2n) is 5.00. The van der Waals surface area contributed by atoms with Crippen LogP contribution >= 0.6 is 0 Å². The lowest BCUT2D eigenvalue weighted by Crippen LogP contribution is -2.24. The minimum Gasteiger partial charge on any atom is -0.493 e. The number of hydrogen-bond acceptors (Lipinski definition) is 5. The van der Waals surface area contributed by atoms with Crippen molar-refractivity contribution in [3.8, 4) is 11.5 Å². The van der Waals surface area contributed by atoms with E-state index in [-0.39, 0.29) is 0 Å². The molecule has 6 heteroatoms. The van der Waals surface area contributed by atoms with Crippen molar-refractivity contribution in [2.45, 2.75) is 33.0 Å². The molecule has 114 valence electrons. The third kappa shape index (κ3) is 3.72. The highest BCUT2D eigenvalue weighted by Crippen LogP contribution is 2.29. The fourth-order valence-corrected chi connectivity index (χ4v) is 2.07. The maximum Gasteiger partial charge on any atom is 0.184 e. The smallest absolute Gasteiger partial charge is 0.184 e. The van der Waals surface area contributed by atoms with Gasteiger partial charge < -0.3 is 19.4 Å². The highest BCUT2D eigenvalue weighted by Gasteiger charge is 2.13. The number of rotatable bonds is 7. The SMILES string of the molecule is COc1ccnc(Cn2ccnc2CNC(C)C)c1OC. The lowest BCUT2D eigenvalue weighted by molar-refractivity contribution is 0.348. The van der Waals surface area contributed by atoms with Gasteiger partial charge in [0.25, 0.3) is 0 Å². The Bertz CT molecular complexity index is 581. The van der Waals surface area contributed by atoms with Crippen molar-refractivity contribution >= 4 is 0 Å². The molecule has 0 spiro atoms. The van der Waals surface area contributed by atoms with Gasteiger partial charge in [0, 0.05) is 30.7 Å². The van der Waals surface area contributed by atoms with Gasteiger partial charge in [-0.25, -0.2) is 4.98 Å². The van der Waals surface area contributed by atoms with Crippen molar-refractivity contribution in [1.82, 2.24) is 19.9 Å². The molecular formula is C15H22N4O2. The molecule has 0 aromatic carbocycles. The van der Waals surface area contributed by atoms with Crippen molar-refractivity contribution in [3.63, 3.8) is 0 Å². The summed E-state index contributed by atoms with van der Waals surface area (Å²) >= 11 is 0. The summed E-state index contributed by atoms with van der Waals surface area (Å²) in [7, 11) is 3.25. The van der Waals surface area contributed by atoms with E-state index < -0.39 is 0 Å². The molecule has 1 N–H and O–H groups in total. The normalized spacial score (nSPS) is 10.9. The maximum absolute atomic E-state index is 5.42. The minimum atomic E-state index is 0.416. The predicted molar refractivity (Wildman–Crippen MR) is 80.6 cm³/mol. The molecule has 6 nitrogen and oxygen atoms in total. The molecule has 2 aromatic heterocycles. The summed E-state index contributed by atoms with van der Waals surface area (Å²) in [5.74, 6) is 2.32. The van der Waals surface area contributed by atoms with Gasteiger partial charge in [-0.2, -0.15) is 0 Å². The molecule has 0 fully saturated rings. The van der Waals surface area contributed by atoms with Crippen LogP contribution in [0.15, 0.2) is 24.7 Å². The van der Waals surface area contributed by atoms with Crippen molar-refractivity contribution in [3.05, 3.63) is 36.2 Å². The lowest BCUT2D eigenvalue weighted by Gasteiger charge is -2.14. The Morgan fingerprint density at radius 2 is 2.00 bits per heavy atom. The van der Waals surface area contributed by atoms with Gasteiger partial charge in [0.1, 0.15) is 11.5 Å². The number of pyridine rings is 1. The van der Waals surface area contributed by atoms with Crippen LogP contribution in [0.5, 0.6) is 11.5 Å². The van der Waals surface area contributed by atoms with Gasteiger partial charge in [-0.1, -0.05) is 13.8 Å². The first-order chi connectivity index (χ1) is 10.2. The predicted octanol–water partition coefficient (Wildman–Crippen LogP) is 1.84. The summed E-state index contributed by atoms with van der Waals surface area (Å²) in [5, 5.41) is 3.37. The van der Waals surface area contributed by atoms with E-state index in [1.165, 1.54) is 0 Å². The molecule has 0 saturated heterocycles. The molecule has 0 aliphatic carbocycles. The van der Waals surface area contributed by atoms with Gasteiger partial charge in [0.2, 0.25) is 0 Å². The number of aromatic nitrogens is 3. The van der Waals surface area contributed by atoms with Gasteiger partial charge in [0.05, 0.1) is 27.3 Å². The third-order valence-electron chi connectivity index (χ3n) is 3.16. The molecule has 0 aliphatic heterocycles. The minimum absolute atomic E-state index is 0.416. The average Bonchev–Trinajstić information content (AvgIpc) is 2.92. The number of ether oxygens (including phenoxy) is 2. The highest BCUT2D eigenvalue weighted by atomic mass is 16.5. The molecule has 0 saturated carbocycles. The Kier molecular flexibility index (Phi) is 5.16. The van der Waals surface area contributed by atoms with Crippen LogP contribution in [-0.2, 0) is 13.1 Å².